The fraction of sp³-hybridized carbons (Fsp3) is 0.222. The van der Waals surface area contributed by atoms with Crippen LogP contribution in [-0.4, -0.2) is 47.3 Å². The van der Waals surface area contributed by atoms with Crippen molar-refractivity contribution < 1.29 is 47.7 Å². The highest BCUT2D eigenvalue weighted by atomic mass is 16.8. The third-order valence-corrected chi connectivity index (χ3v) is 3.21. The highest BCUT2D eigenvalue weighted by Crippen LogP contribution is 2.38. The van der Waals surface area contributed by atoms with Crippen molar-refractivity contribution in [3.63, 3.8) is 0 Å². The van der Waals surface area contributed by atoms with Gasteiger partial charge in [-0.2, -0.15) is 0 Å². The van der Waals surface area contributed by atoms with Crippen molar-refractivity contribution in [2.24, 2.45) is 11.5 Å². The second-order valence-electron chi connectivity index (χ2n) is 5.20. The Morgan fingerprint density at radius 3 is 1.27 bits per heavy atom. The number of carbonyl (C=O) groups excluding carboxylic acids is 6. The molecule has 0 spiro atoms. The van der Waals surface area contributed by atoms with Crippen LogP contribution in [0.5, 0.6) is 0 Å². The van der Waals surface area contributed by atoms with E-state index >= 15 is 0 Å². The number of primary amides is 2. The zero-order valence-corrected chi connectivity index (χ0v) is 15.8. The fourth-order valence-corrected chi connectivity index (χ4v) is 1.95. The topological polar surface area (TPSA) is 191 Å². The van der Waals surface area contributed by atoms with Crippen molar-refractivity contribution in [2.75, 3.05) is 0 Å². The van der Waals surface area contributed by atoms with Crippen LogP contribution in [0.1, 0.15) is 12.8 Å². The highest BCUT2D eigenvalue weighted by molar-refractivity contribution is 5.94. The first-order valence-electron chi connectivity index (χ1n) is 7.93. The highest BCUT2D eigenvalue weighted by Gasteiger charge is 2.69. The summed E-state index contributed by atoms with van der Waals surface area (Å²) in [6.07, 6.45) is 0.514. The molecule has 0 aromatic heterocycles. The number of hydrogen-bond acceptors (Lipinski definition) is 10. The van der Waals surface area contributed by atoms with E-state index in [9.17, 15) is 28.8 Å². The van der Waals surface area contributed by atoms with Gasteiger partial charge in [-0.25, -0.2) is 19.2 Å². The average molecular weight is 424 g/mol. The molecule has 12 nitrogen and oxygen atoms in total. The van der Waals surface area contributed by atoms with Gasteiger partial charge in [0.25, 0.3) is 0 Å². The molecular weight excluding hydrogens is 404 g/mol. The Labute approximate surface area is 170 Å². The van der Waals surface area contributed by atoms with Gasteiger partial charge in [0.05, 0.1) is 0 Å². The summed E-state index contributed by atoms with van der Waals surface area (Å²) in [5, 5.41) is 0. The summed E-state index contributed by atoms with van der Waals surface area (Å²) in [5.74, 6) is -14.9. The van der Waals surface area contributed by atoms with Gasteiger partial charge in [-0.05, 0) is 0 Å². The number of amides is 2. The van der Waals surface area contributed by atoms with Gasteiger partial charge in [-0.15, -0.1) is 0 Å². The molecule has 0 saturated carbocycles. The van der Waals surface area contributed by atoms with Crippen LogP contribution >= 0.6 is 0 Å². The molecule has 0 bridgehead atoms. The van der Waals surface area contributed by atoms with Gasteiger partial charge < -0.3 is 30.4 Å². The second kappa shape index (κ2) is 10.9. The quantitative estimate of drug-likeness (QED) is 0.211. The minimum atomic E-state index is -3.43. The zero-order chi connectivity index (χ0) is 23.5. The molecule has 2 amide bonds. The van der Waals surface area contributed by atoms with E-state index in [1.54, 1.807) is 0 Å². The molecule has 0 aromatic rings. The minimum Gasteiger partial charge on any atom is -0.411 e. The molecule has 0 heterocycles. The molecule has 0 aromatic carbocycles. The van der Waals surface area contributed by atoms with Crippen molar-refractivity contribution >= 4 is 35.7 Å². The summed E-state index contributed by atoms with van der Waals surface area (Å²) >= 11 is 0. The normalized spacial score (nSPS) is 10.5. The van der Waals surface area contributed by atoms with Crippen molar-refractivity contribution in [1.82, 2.24) is 0 Å². The first kappa shape index (κ1) is 25.8. The molecule has 30 heavy (non-hydrogen) atoms. The van der Waals surface area contributed by atoms with Gasteiger partial charge in [0.1, 0.15) is 0 Å². The van der Waals surface area contributed by atoms with E-state index < -0.39 is 60.1 Å². The van der Waals surface area contributed by atoms with E-state index in [0.29, 0.717) is 24.3 Å². The lowest BCUT2D eigenvalue weighted by Gasteiger charge is -2.42. The van der Waals surface area contributed by atoms with Crippen molar-refractivity contribution in [2.45, 2.75) is 24.4 Å². The lowest BCUT2D eigenvalue weighted by atomic mass is 9.97. The van der Waals surface area contributed by atoms with E-state index in [-0.39, 0.29) is 0 Å². The summed E-state index contributed by atoms with van der Waals surface area (Å²) in [6, 6.07) is 0. The van der Waals surface area contributed by atoms with E-state index in [4.69, 9.17) is 30.4 Å². The Bertz CT molecular complexity index is 755. The molecule has 162 valence electrons. The van der Waals surface area contributed by atoms with Crippen LogP contribution in [-0.2, 0) is 47.7 Å². The molecular formula is C18H20N2O10. The van der Waals surface area contributed by atoms with Gasteiger partial charge in [-0.3, -0.25) is 9.59 Å². The molecule has 0 aliphatic carbocycles. The maximum Gasteiger partial charge on any atom is 0.416 e. The zero-order valence-electron chi connectivity index (χ0n) is 15.8. The monoisotopic (exact) mass is 424 g/mol. The summed E-state index contributed by atoms with van der Waals surface area (Å²) in [5.41, 5.74) is 10.4. The van der Waals surface area contributed by atoms with E-state index in [0.717, 1.165) is 0 Å². The largest absolute Gasteiger partial charge is 0.416 e. The lowest BCUT2D eigenvalue weighted by molar-refractivity contribution is -0.345. The number of carbonyl (C=O) groups is 6. The maximum absolute atomic E-state index is 12.4. The second-order valence-corrected chi connectivity index (χ2v) is 5.20. The van der Waals surface area contributed by atoms with Gasteiger partial charge in [0.2, 0.25) is 5.91 Å². The number of ether oxygens (including phenoxy) is 4. The van der Waals surface area contributed by atoms with E-state index in [2.05, 4.69) is 26.3 Å². The molecule has 0 rings (SSSR count). The first-order valence-corrected chi connectivity index (χ1v) is 7.93. The van der Waals surface area contributed by atoms with E-state index in [1.807, 2.05) is 0 Å². The van der Waals surface area contributed by atoms with Gasteiger partial charge >= 0.3 is 41.4 Å². The average Bonchev–Trinajstić information content (AvgIpc) is 2.70. The standard InChI is InChI=1S/C18H20N2O10/c1-5-12(22)27-17(10-9-11(19)21,28-13(23)6-2)18(16(20)26,29-14(24)7-3)30-15(25)8-4/h5-8H,1-4,9-10H2,(H2,19,21)(H2,20,26). The molecule has 0 aliphatic rings. The third kappa shape index (κ3) is 6.15. The van der Waals surface area contributed by atoms with Crippen LogP contribution in [0.25, 0.3) is 0 Å². The molecule has 4 N–H and O–H groups in total. The Hall–Kier alpha value is -4.22. The molecule has 0 radical (unpaired) electrons. The Kier molecular flexibility index (Phi) is 9.41. The van der Waals surface area contributed by atoms with Gasteiger partial charge in [0.15, 0.2) is 0 Å². The summed E-state index contributed by atoms with van der Waals surface area (Å²) in [6.45, 7) is 12.5. The molecule has 0 unspecified atom stereocenters. The minimum absolute atomic E-state index is 0.531. The van der Waals surface area contributed by atoms with Gasteiger partial charge in [-0.1, -0.05) is 26.3 Å². The fourth-order valence-electron chi connectivity index (χ4n) is 1.95. The van der Waals surface area contributed by atoms with Crippen LogP contribution in [0.4, 0.5) is 0 Å². The Balaban J connectivity index is 7.16. The van der Waals surface area contributed by atoms with Crippen LogP contribution in [0.15, 0.2) is 50.6 Å². The molecule has 0 aliphatic heterocycles. The molecule has 12 heteroatoms. The van der Waals surface area contributed by atoms with Gasteiger partial charge in [0, 0.05) is 37.1 Å². The number of rotatable bonds is 13. The SMILES string of the molecule is C=CC(=O)OC(CCC(N)=O)(OC(=O)C=C)C(OC(=O)C=C)(OC(=O)C=C)C(N)=O. The number of nitrogens with two attached hydrogens (primary N) is 2. The molecule has 0 atom stereocenters. The summed E-state index contributed by atoms with van der Waals surface area (Å²) in [4.78, 5) is 71.5. The summed E-state index contributed by atoms with van der Waals surface area (Å²) < 4.78 is 19.5. The Morgan fingerprint density at radius 2 is 1.00 bits per heavy atom. The Morgan fingerprint density at radius 1 is 0.667 bits per heavy atom. The predicted molar refractivity (Wildman–Crippen MR) is 98.2 cm³/mol. The first-order chi connectivity index (χ1) is 13.9. The number of hydrogen-bond donors (Lipinski definition) is 2. The molecule has 0 saturated heterocycles. The van der Waals surface area contributed by atoms with Crippen molar-refractivity contribution in [3.05, 3.63) is 50.6 Å². The third-order valence-electron chi connectivity index (χ3n) is 3.21. The van der Waals surface area contributed by atoms with Crippen LogP contribution in [0.3, 0.4) is 0 Å². The van der Waals surface area contributed by atoms with Crippen molar-refractivity contribution in [3.8, 4) is 0 Å². The van der Waals surface area contributed by atoms with Crippen LogP contribution < -0.4 is 11.5 Å². The summed E-state index contributed by atoms with van der Waals surface area (Å²) in [7, 11) is 0. The molecule has 0 fully saturated rings. The van der Waals surface area contributed by atoms with E-state index in [1.165, 1.54) is 0 Å². The maximum atomic E-state index is 12.4. The predicted octanol–water partition coefficient (Wildman–Crippen LogP) is -0.953. The van der Waals surface area contributed by atoms with Crippen LogP contribution in [0, 0.1) is 0 Å². The lowest BCUT2D eigenvalue weighted by Crippen LogP contribution is -2.69. The van der Waals surface area contributed by atoms with Crippen molar-refractivity contribution in [1.29, 1.82) is 0 Å². The van der Waals surface area contributed by atoms with Crippen LogP contribution in [0.2, 0.25) is 0 Å². The number of esters is 4. The smallest absolute Gasteiger partial charge is 0.411 e.